The normalized spacial score (nSPS) is 25.9. The lowest BCUT2D eigenvalue weighted by Gasteiger charge is -2.24. The molecule has 2 fully saturated rings. The Morgan fingerprint density at radius 1 is 1.19 bits per heavy atom. The van der Waals surface area contributed by atoms with E-state index in [2.05, 4.69) is 33.6 Å². The van der Waals surface area contributed by atoms with E-state index in [0.717, 1.165) is 18.2 Å². The van der Waals surface area contributed by atoms with Gasteiger partial charge in [0.05, 0.1) is 11.9 Å². The Balaban J connectivity index is 1.43. The molecule has 2 atom stereocenters. The topological polar surface area (TPSA) is 33.1 Å². The summed E-state index contributed by atoms with van der Waals surface area (Å²) in [6.07, 6.45) is 6.88. The summed E-state index contributed by atoms with van der Waals surface area (Å²) in [4.78, 5) is 2.57. The average Bonchev–Trinajstić information content (AvgIpc) is 3.14. The van der Waals surface area contributed by atoms with Crippen LogP contribution in [0, 0.1) is 5.92 Å². The molecule has 21 heavy (non-hydrogen) atoms. The summed E-state index contributed by atoms with van der Waals surface area (Å²) in [5.41, 5.74) is 2.43. The molecule has 4 nitrogen and oxygen atoms in total. The number of hydrogen-bond donors (Lipinski definition) is 1. The third-order valence-electron chi connectivity index (χ3n) is 4.74. The molecule has 4 heteroatoms. The first-order valence-electron chi connectivity index (χ1n) is 7.93. The number of nitrogens with one attached hydrogen (secondary N) is 1. The quantitative estimate of drug-likeness (QED) is 0.935. The minimum absolute atomic E-state index is 0.711. The van der Waals surface area contributed by atoms with Crippen molar-refractivity contribution in [3.05, 3.63) is 48.3 Å². The Kier molecular flexibility index (Phi) is 3.49. The molecule has 2 saturated heterocycles. The fraction of sp³-hybridized carbons (Fsp3) is 0.471. The number of piperidine rings is 1. The molecule has 2 unspecified atom stereocenters. The molecule has 0 bridgehead atoms. The minimum Gasteiger partial charge on any atom is -0.312 e. The van der Waals surface area contributed by atoms with Gasteiger partial charge < -0.3 is 5.32 Å². The smallest absolute Gasteiger partial charge is 0.0645 e. The van der Waals surface area contributed by atoms with E-state index in [9.17, 15) is 0 Å². The SMILES string of the molecule is c1ccc(-n2cc(CN3CC4CCCNC4C3)cn2)cc1. The van der Waals surface area contributed by atoms with E-state index in [0.29, 0.717) is 6.04 Å². The number of benzene rings is 1. The van der Waals surface area contributed by atoms with Gasteiger partial charge in [-0.3, -0.25) is 4.90 Å². The van der Waals surface area contributed by atoms with Crippen LogP contribution < -0.4 is 5.32 Å². The van der Waals surface area contributed by atoms with Gasteiger partial charge in [0, 0.05) is 37.4 Å². The van der Waals surface area contributed by atoms with Crippen LogP contribution in [0.2, 0.25) is 0 Å². The van der Waals surface area contributed by atoms with Gasteiger partial charge in [-0.2, -0.15) is 5.10 Å². The molecule has 1 N–H and O–H groups in total. The van der Waals surface area contributed by atoms with Crippen LogP contribution in [-0.2, 0) is 6.54 Å². The van der Waals surface area contributed by atoms with Gasteiger partial charge in [-0.05, 0) is 37.4 Å². The van der Waals surface area contributed by atoms with Crippen LogP contribution in [0.1, 0.15) is 18.4 Å². The number of aromatic nitrogens is 2. The second-order valence-electron chi connectivity index (χ2n) is 6.29. The molecule has 2 aliphatic heterocycles. The van der Waals surface area contributed by atoms with E-state index >= 15 is 0 Å². The Morgan fingerprint density at radius 3 is 2.95 bits per heavy atom. The minimum atomic E-state index is 0.711. The Labute approximate surface area is 125 Å². The van der Waals surface area contributed by atoms with Crippen LogP contribution in [-0.4, -0.2) is 40.4 Å². The maximum absolute atomic E-state index is 4.49. The molecule has 1 aromatic carbocycles. The average molecular weight is 282 g/mol. The van der Waals surface area contributed by atoms with Crippen molar-refractivity contribution in [1.29, 1.82) is 0 Å². The van der Waals surface area contributed by atoms with Gasteiger partial charge in [-0.1, -0.05) is 18.2 Å². The number of likely N-dealkylation sites (tertiary alicyclic amines) is 1. The Bertz CT molecular complexity index is 578. The van der Waals surface area contributed by atoms with Crippen molar-refractivity contribution >= 4 is 0 Å². The summed E-state index contributed by atoms with van der Waals surface area (Å²) in [6.45, 7) is 4.62. The molecule has 3 heterocycles. The lowest BCUT2D eigenvalue weighted by Crippen LogP contribution is -2.40. The van der Waals surface area contributed by atoms with E-state index in [4.69, 9.17) is 0 Å². The van der Waals surface area contributed by atoms with Crippen molar-refractivity contribution in [2.24, 2.45) is 5.92 Å². The highest BCUT2D eigenvalue weighted by Gasteiger charge is 2.33. The predicted octanol–water partition coefficient (Wildman–Crippen LogP) is 2.06. The molecule has 0 radical (unpaired) electrons. The van der Waals surface area contributed by atoms with Crippen molar-refractivity contribution in [2.75, 3.05) is 19.6 Å². The van der Waals surface area contributed by atoms with Crippen LogP contribution in [0.15, 0.2) is 42.7 Å². The monoisotopic (exact) mass is 282 g/mol. The first-order chi connectivity index (χ1) is 10.4. The molecule has 110 valence electrons. The van der Waals surface area contributed by atoms with Crippen molar-refractivity contribution in [2.45, 2.75) is 25.4 Å². The second kappa shape index (κ2) is 5.62. The summed E-state index contributed by atoms with van der Waals surface area (Å²) in [7, 11) is 0. The van der Waals surface area contributed by atoms with Gasteiger partial charge in [-0.15, -0.1) is 0 Å². The van der Waals surface area contributed by atoms with E-state index < -0.39 is 0 Å². The highest BCUT2D eigenvalue weighted by Crippen LogP contribution is 2.26. The van der Waals surface area contributed by atoms with E-state index in [-0.39, 0.29) is 0 Å². The fourth-order valence-electron chi connectivity index (χ4n) is 3.69. The molecule has 4 rings (SSSR count). The molecular weight excluding hydrogens is 260 g/mol. The summed E-state index contributed by atoms with van der Waals surface area (Å²) in [5.74, 6) is 0.850. The van der Waals surface area contributed by atoms with Crippen LogP contribution >= 0.6 is 0 Å². The molecule has 0 saturated carbocycles. The maximum Gasteiger partial charge on any atom is 0.0645 e. The number of nitrogens with zero attached hydrogens (tertiary/aromatic N) is 3. The number of fused-ring (bicyclic) bond motifs is 1. The molecule has 0 amide bonds. The highest BCUT2D eigenvalue weighted by molar-refractivity contribution is 5.30. The maximum atomic E-state index is 4.49. The third-order valence-corrected chi connectivity index (χ3v) is 4.74. The van der Waals surface area contributed by atoms with Gasteiger partial charge in [0.15, 0.2) is 0 Å². The lowest BCUT2D eigenvalue weighted by atomic mass is 9.94. The van der Waals surface area contributed by atoms with Crippen molar-refractivity contribution < 1.29 is 0 Å². The zero-order chi connectivity index (χ0) is 14.1. The second-order valence-corrected chi connectivity index (χ2v) is 6.29. The Hall–Kier alpha value is -1.65. The molecule has 2 aliphatic rings. The van der Waals surface area contributed by atoms with Crippen molar-refractivity contribution in [1.82, 2.24) is 20.0 Å². The number of hydrogen-bond acceptors (Lipinski definition) is 3. The van der Waals surface area contributed by atoms with Crippen LogP contribution in [0.5, 0.6) is 0 Å². The summed E-state index contributed by atoms with van der Waals surface area (Å²) in [6, 6.07) is 11.0. The van der Waals surface area contributed by atoms with Gasteiger partial charge in [0.25, 0.3) is 0 Å². The van der Waals surface area contributed by atoms with Gasteiger partial charge in [0.2, 0.25) is 0 Å². The molecule has 0 spiro atoms. The van der Waals surface area contributed by atoms with Crippen molar-refractivity contribution in [3.8, 4) is 5.69 Å². The van der Waals surface area contributed by atoms with E-state index in [1.807, 2.05) is 29.1 Å². The predicted molar refractivity (Wildman–Crippen MR) is 83.4 cm³/mol. The van der Waals surface area contributed by atoms with Crippen LogP contribution in [0.3, 0.4) is 0 Å². The Morgan fingerprint density at radius 2 is 2.10 bits per heavy atom. The van der Waals surface area contributed by atoms with E-state index in [1.165, 1.54) is 38.0 Å². The molecule has 0 aliphatic carbocycles. The zero-order valence-corrected chi connectivity index (χ0v) is 12.3. The van der Waals surface area contributed by atoms with Gasteiger partial charge in [0.1, 0.15) is 0 Å². The largest absolute Gasteiger partial charge is 0.312 e. The van der Waals surface area contributed by atoms with E-state index in [1.54, 1.807) is 0 Å². The summed E-state index contributed by atoms with van der Waals surface area (Å²) < 4.78 is 1.97. The molecule has 1 aromatic heterocycles. The van der Waals surface area contributed by atoms with Crippen molar-refractivity contribution in [3.63, 3.8) is 0 Å². The van der Waals surface area contributed by atoms with Crippen LogP contribution in [0.4, 0.5) is 0 Å². The molecular formula is C17H22N4. The van der Waals surface area contributed by atoms with Crippen LogP contribution in [0.25, 0.3) is 5.69 Å². The standard InChI is InChI=1S/C17H22N4/c1-2-6-16(7-3-1)21-11-14(9-19-21)10-20-12-15-5-4-8-18-17(15)13-20/h1-3,6-7,9,11,15,17-18H,4-5,8,10,12-13H2. The first kappa shape index (κ1) is 13.0. The van der Waals surface area contributed by atoms with Gasteiger partial charge >= 0.3 is 0 Å². The fourth-order valence-corrected chi connectivity index (χ4v) is 3.69. The number of rotatable bonds is 3. The van der Waals surface area contributed by atoms with Gasteiger partial charge in [-0.25, -0.2) is 4.68 Å². The highest BCUT2D eigenvalue weighted by atomic mass is 15.3. The first-order valence-corrected chi connectivity index (χ1v) is 7.93. The third kappa shape index (κ3) is 2.74. The summed E-state index contributed by atoms with van der Waals surface area (Å²) in [5, 5.41) is 8.16. The summed E-state index contributed by atoms with van der Waals surface area (Å²) >= 11 is 0. The molecule has 2 aromatic rings. The lowest BCUT2D eigenvalue weighted by molar-refractivity contribution is 0.312. The number of para-hydroxylation sites is 1. The zero-order valence-electron chi connectivity index (χ0n) is 12.3.